The predicted molar refractivity (Wildman–Crippen MR) is 153 cm³/mol. The average Bonchev–Trinajstić information content (AvgIpc) is 3.23. The van der Waals surface area contributed by atoms with Crippen molar-refractivity contribution in [1.29, 1.82) is 0 Å². The number of unbranched alkanes of at least 4 members (excludes halogenated alkanes) is 1. The van der Waals surface area contributed by atoms with E-state index in [-0.39, 0.29) is 55.0 Å². The van der Waals surface area contributed by atoms with Gasteiger partial charge in [-0.25, -0.2) is 4.79 Å². The van der Waals surface area contributed by atoms with Crippen molar-refractivity contribution in [2.75, 3.05) is 19.8 Å². The molecule has 0 aliphatic heterocycles. The molecule has 14 nitrogen and oxygen atoms in total. The number of aliphatic hydroxyl groups excluding tert-OH is 1. The molecular formula is C31H46N2O12. The number of esters is 2. The van der Waals surface area contributed by atoms with Crippen molar-refractivity contribution >= 4 is 29.4 Å². The van der Waals surface area contributed by atoms with E-state index in [1.54, 1.807) is 6.08 Å². The van der Waals surface area contributed by atoms with Crippen molar-refractivity contribution in [3.63, 3.8) is 0 Å². The molecule has 3 fully saturated rings. The summed E-state index contributed by atoms with van der Waals surface area (Å²) in [5, 5.41) is 42.3. The van der Waals surface area contributed by atoms with E-state index in [1.165, 1.54) is 0 Å². The van der Waals surface area contributed by atoms with Crippen LogP contribution in [0.25, 0.3) is 0 Å². The molecule has 14 heteroatoms. The lowest BCUT2D eigenvalue weighted by Crippen LogP contribution is -2.62. The van der Waals surface area contributed by atoms with Crippen LogP contribution in [0.2, 0.25) is 0 Å². The third-order valence-electron chi connectivity index (χ3n) is 10.9. The predicted octanol–water partition coefficient (Wildman–Crippen LogP) is 1.56. The van der Waals surface area contributed by atoms with Crippen LogP contribution in [0, 0.1) is 28.6 Å². The Hall–Kier alpha value is -2.75. The number of aliphatic hydroxyl groups is 2. The van der Waals surface area contributed by atoms with E-state index in [1.807, 2.05) is 6.92 Å². The van der Waals surface area contributed by atoms with Crippen LogP contribution in [-0.2, 0) is 38.3 Å². The standard InChI is InChI=1S/C31H46N2O12/c1-18(34)32-23(28(39)43-12-4-5-13-45-33(41)42)15-26(38)44-17-25(37)31(40)11-9-22-21-7-6-19-14-20(35)8-10-29(19,2)27(21)24(36)16-30(22,31)3/h14,21-24,27,36,40-42H,4-13,15-17H2,1-3H3,(H,32,34)/t21-,22-,23?,24-,27+,29-,30-,31-/m0/s1. The first-order valence-corrected chi connectivity index (χ1v) is 15.7. The van der Waals surface area contributed by atoms with Gasteiger partial charge < -0.3 is 25.0 Å². The van der Waals surface area contributed by atoms with Crippen molar-refractivity contribution in [2.45, 2.75) is 103 Å². The third-order valence-corrected chi connectivity index (χ3v) is 10.9. The van der Waals surface area contributed by atoms with Gasteiger partial charge in [0, 0.05) is 18.8 Å². The zero-order chi connectivity index (χ0) is 33.2. The fraction of sp³-hybridized carbons (Fsp3) is 0.774. The molecule has 0 saturated heterocycles. The highest BCUT2D eigenvalue weighted by molar-refractivity contribution is 5.93. The summed E-state index contributed by atoms with van der Waals surface area (Å²) < 4.78 is 10.3. The second kappa shape index (κ2) is 13.9. The van der Waals surface area contributed by atoms with Crippen molar-refractivity contribution in [3.8, 4) is 0 Å². The second-order valence-corrected chi connectivity index (χ2v) is 13.5. The molecule has 8 atom stereocenters. The van der Waals surface area contributed by atoms with Crippen LogP contribution in [-0.4, -0.2) is 93.0 Å². The average molecular weight is 639 g/mol. The molecule has 4 aliphatic carbocycles. The van der Waals surface area contributed by atoms with E-state index in [2.05, 4.69) is 17.1 Å². The molecule has 0 spiro atoms. The zero-order valence-corrected chi connectivity index (χ0v) is 26.2. The van der Waals surface area contributed by atoms with E-state index in [0.29, 0.717) is 32.1 Å². The fourth-order valence-corrected chi connectivity index (χ4v) is 8.70. The van der Waals surface area contributed by atoms with Crippen LogP contribution >= 0.6 is 0 Å². The summed E-state index contributed by atoms with van der Waals surface area (Å²) in [6, 6.07) is -1.37. The first-order valence-electron chi connectivity index (χ1n) is 15.7. The lowest BCUT2D eigenvalue weighted by Gasteiger charge is -2.60. The number of nitrogens with zero attached hydrogens (tertiary/aromatic N) is 1. The van der Waals surface area contributed by atoms with Gasteiger partial charge in [0.25, 0.3) is 0 Å². The SMILES string of the molecule is CC(=O)NC(CC(=O)OCC(=O)[C@@]1(O)CC[C@H]2[C@@H]3CCC4=CC(=O)CC[C@]4(C)[C@H]3[C@@H](O)C[C@@]21C)C(=O)OCCCCON(O)O. The zero-order valence-electron chi connectivity index (χ0n) is 26.2. The number of amides is 1. The maximum absolute atomic E-state index is 13.5. The highest BCUT2D eigenvalue weighted by Gasteiger charge is 2.68. The maximum Gasteiger partial charge on any atom is 0.329 e. The molecule has 252 valence electrons. The Balaban J connectivity index is 1.35. The quantitative estimate of drug-likeness (QED) is 0.110. The number of rotatable bonds is 13. The number of ether oxygens (including phenoxy) is 2. The highest BCUT2D eigenvalue weighted by Crippen LogP contribution is 2.67. The summed E-state index contributed by atoms with van der Waals surface area (Å²) >= 11 is 0. The lowest BCUT2D eigenvalue weighted by molar-refractivity contribution is -0.492. The van der Waals surface area contributed by atoms with E-state index in [0.717, 1.165) is 25.3 Å². The largest absolute Gasteiger partial charge is 0.464 e. The summed E-state index contributed by atoms with van der Waals surface area (Å²) in [6.07, 6.45) is 4.55. The Kier molecular flexibility index (Phi) is 10.9. The Morgan fingerprint density at radius 2 is 1.78 bits per heavy atom. The third kappa shape index (κ3) is 7.15. The molecule has 4 rings (SSSR count). The van der Waals surface area contributed by atoms with Crippen LogP contribution in [0.3, 0.4) is 0 Å². The van der Waals surface area contributed by atoms with Gasteiger partial charge in [-0.15, -0.1) is 0 Å². The number of carbonyl (C=O) groups excluding carboxylic acids is 5. The van der Waals surface area contributed by atoms with Gasteiger partial charge in [0.05, 0.1) is 31.1 Å². The van der Waals surface area contributed by atoms with Crippen molar-refractivity contribution < 1.29 is 58.9 Å². The normalized spacial score (nSPS) is 34.6. The van der Waals surface area contributed by atoms with Crippen LogP contribution in [0.15, 0.2) is 11.6 Å². The minimum Gasteiger partial charge on any atom is -0.464 e. The highest BCUT2D eigenvalue weighted by atomic mass is 17.1. The van der Waals surface area contributed by atoms with Crippen molar-refractivity contribution in [1.82, 2.24) is 10.7 Å². The van der Waals surface area contributed by atoms with E-state index in [9.17, 15) is 34.2 Å². The van der Waals surface area contributed by atoms with Crippen LogP contribution in [0.1, 0.15) is 85.0 Å². The Morgan fingerprint density at radius 3 is 2.47 bits per heavy atom. The van der Waals surface area contributed by atoms with Gasteiger partial charge in [0.15, 0.2) is 12.4 Å². The number of fused-ring (bicyclic) bond motifs is 5. The minimum absolute atomic E-state index is 0.0387. The fourth-order valence-electron chi connectivity index (χ4n) is 8.70. The minimum atomic E-state index is -1.83. The molecule has 45 heavy (non-hydrogen) atoms. The monoisotopic (exact) mass is 638 g/mol. The molecule has 3 saturated carbocycles. The summed E-state index contributed by atoms with van der Waals surface area (Å²) in [6.45, 7) is 4.26. The summed E-state index contributed by atoms with van der Waals surface area (Å²) in [5.74, 6) is -3.04. The van der Waals surface area contributed by atoms with Crippen LogP contribution in [0.4, 0.5) is 0 Å². The first-order chi connectivity index (χ1) is 21.1. The second-order valence-electron chi connectivity index (χ2n) is 13.5. The molecule has 1 unspecified atom stereocenters. The van der Waals surface area contributed by atoms with E-state index >= 15 is 0 Å². The molecule has 0 aromatic carbocycles. The van der Waals surface area contributed by atoms with Crippen molar-refractivity contribution in [2.24, 2.45) is 28.6 Å². The number of carbonyl (C=O) groups is 5. The van der Waals surface area contributed by atoms with E-state index < -0.39 is 65.2 Å². The molecule has 0 aromatic heterocycles. The number of Topliss-reactive ketones (excluding diaryl/α,β-unsaturated/α-hetero) is 1. The molecular weight excluding hydrogens is 592 g/mol. The number of hydrogen-bond acceptors (Lipinski definition) is 13. The molecule has 0 aromatic rings. The molecule has 0 radical (unpaired) electrons. The van der Waals surface area contributed by atoms with Gasteiger partial charge >= 0.3 is 11.9 Å². The number of ketones is 2. The molecule has 0 heterocycles. The maximum atomic E-state index is 13.5. The van der Waals surface area contributed by atoms with E-state index in [4.69, 9.17) is 19.9 Å². The Labute approximate surface area is 261 Å². The van der Waals surface area contributed by atoms with Gasteiger partial charge in [-0.1, -0.05) is 19.4 Å². The summed E-state index contributed by atoms with van der Waals surface area (Å²) in [7, 11) is 0. The number of hydrogen-bond donors (Lipinski definition) is 5. The lowest BCUT2D eigenvalue weighted by atomic mass is 9.45. The van der Waals surface area contributed by atoms with Crippen LogP contribution in [0.5, 0.6) is 0 Å². The Morgan fingerprint density at radius 1 is 1.07 bits per heavy atom. The summed E-state index contributed by atoms with van der Waals surface area (Å²) in [5.41, 5.74) is -1.99. The topological polar surface area (TPSA) is 209 Å². The molecule has 5 N–H and O–H groups in total. The van der Waals surface area contributed by atoms with Crippen molar-refractivity contribution in [3.05, 3.63) is 11.6 Å². The van der Waals surface area contributed by atoms with Gasteiger partial charge in [-0.2, -0.15) is 0 Å². The van der Waals surface area contributed by atoms with Gasteiger partial charge in [-0.05, 0) is 80.6 Å². The van der Waals surface area contributed by atoms with Gasteiger partial charge in [-0.3, -0.25) is 34.4 Å². The molecule has 0 bridgehead atoms. The van der Waals surface area contributed by atoms with Gasteiger partial charge in [0.2, 0.25) is 11.7 Å². The molecule has 1 amide bonds. The number of nitrogens with one attached hydrogen (secondary N) is 1. The first kappa shape index (κ1) is 35.1. The van der Waals surface area contributed by atoms with Crippen LogP contribution < -0.4 is 5.32 Å². The smallest absolute Gasteiger partial charge is 0.329 e. The Bertz CT molecular complexity index is 1200. The van der Waals surface area contributed by atoms with Gasteiger partial charge in [0.1, 0.15) is 11.6 Å². The summed E-state index contributed by atoms with van der Waals surface area (Å²) in [4.78, 5) is 66.9. The molecule has 4 aliphatic rings. The number of allylic oxidation sites excluding steroid dienone is 1.